The van der Waals surface area contributed by atoms with Gasteiger partial charge in [-0.05, 0) is 82.7 Å². The maximum absolute atomic E-state index is 14.4. The summed E-state index contributed by atoms with van der Waals surface area (Å²) in [6.45, 7) is 7.10. The molecule has 2 aromatic rings. The number of carbonyl (C=O) groups is 5. The van der Waals surface area contributed by atoms with Crippen molar-refractivity contribution in [1.82, 2.24) is 30.7 Å². The van der Waals surface area contributed by atoms with Crippen molar-refractivity contribution in [3.63, 3.8) is 0 Å². The first kappa shape index (κ1) is 37.7. The smallest absolute Gasteiger partial charge is 0.410 e. The van der Waals surface area contributed by atoms with Gasteiger partial charge in [0.2, 0.25) is 17.7 Å². The van der Waals surface area contributed by atoms with Crippen LogP contribution in [0.3, 0.4) is 0 Å². The molecule has 13 nitrogen and oxygen atoms in total. The van der Waals surface area contributed by atoms with E-state index in [1.54, 1.807) is 45.3 Å². The second-order valence-corrected chi connectivity index (χ2v) is 15.5. The summed E-state index contributed by atoms with van der Waals surface area (Å²) in [6, 6.07) is 5.81. The molecule has 1 saturated carbocycles. The van der Waals surface area contributed by atoms with Crippen molar-refractivity contribution < 1.29 is 37.8 Å². The predicted molar refractivity (Wildman–Crippen MR) is 191 cm³/mol. The van der Waals surface area contributed by atoms with Crippen LogP contribution in [0.1, 0.15) is 95.4 Å². The Kier molecular flexibility index (Phi) is 11.1. The fraction of sp³-hybridized carbons (Fsp3) is 0.538. The largest absolute Gasteiger partial charge is 0.444 e. The van der Waals surface area contributed by atoms with Gasteiger partial charge in [0, 0.05) is 36.8 Å². The van der Waals surface area contributed by atoms with E-state index in [1.807, 2.05) is 31.2 Å². The van der Waals surface area contributed by atoms with Crippen LogP contribution in [0, 0.1) is 11.7 Å². The number of ether oxygens (including phenoxy) is 2. The van der Waals surface area contributed by atoms with Gasteiger partial charge in [-0.25, -0.2) is 14.0 Å². The Morgan fingerprint density at radius 1 is 1.08 bits per heavy atom. The summed E-state index contributed by atoms with van der Waals surface area (Å²) in [5, 5.41) is 8.78. The quantitative estimate of drug-likeness (QED) is 0.370. The molecule has 3 aliphatic heterocycles. The molecule has 6 atom stereocenters. The molecule has 14 heteroatoms. The van der Waals surface area contributed by atoms with Gasteiger partial charge < -0.3 is 30.3 Å². The molecule has 284 valence electrons. The summed E-state index contributed by atoms with van der Waals surface area (Å²) >= 11 is 0. The molecule has 2 fully saturated rings. The van der Waals surface area contributed by atoms with Gasteiger partial charge >= 0.3 is 12.2 Å². The number of carbonyl (C=O) groups excluding carboxylic acids is 5. The molecular weight excluding hydrogens is 683 g/mol. The normalized spacial score (nSPS) is 27.1. The number of benzene rings is 1. The van der Waals surface area contributed by atoms with Crippen LogP contribution in [0.2, 0.25) is 0 Å². The number of nitrogens with one attached hydrogen (secondary N) is 3. The van der Waals surface area contributed by atoms with Crippen LogP contribution >= 0.6 is 0 Å². The molecule has 4 aliphatic rings. The summed E-state index contributed by atoms with van der Waals surface area (Å²) in [6.07, 6.45) is 8.57. The van der Waals surface area contributed by atoms with Crippen LogP contribution in [-0.4, -0.2) is 80.6 Å². The van der Waals surface area contributed by atoms with Gasteiger partial charge in [0.25, 0.3) is 0 Å². The molecule has 1 saturated heterocycles. The minimum atomic E-state index is -1.25. The SMILES string of the molecule is CC(NC(=O)[C@@]12C[C@H]1/C=C\CCCCC[C@H](NC(=O)OC(C)(C)C)C(=O)N1C[C@H](OC(=O)N3Cc4cccc(F)c4C3)C[C@H]1C(=O)N2)c1ccncc1. The van der Waals surface area contributed by atoms with E-state index in [0.717, 1.165) is 24.8 Å². The number of alkyl carbamates (subject to hydrolysis) is 1. The van der Waals surface area contributed by atoms with E-state index in [0.29, 0.717) is 30.4 Å². The van der Waals surface area contributed by atoms with Crippen molar-refractivity contribution in [2.24, 2.45) is 5.92 Å². The minimum absolute atomic E-state index is 0.0342. The van der Waals surface area contributed by atoms with Gasteiger partial charge in [-0.2, -0.15) is 0 Å². The number of aromatic nitrogens is 1. The summed E-state index contributed by atoms with van der Waals surface area (Å²) in [4.78, 5) is 75.8. The van der Waals surface area contributed by atoms with E-state index < -0.39 is 59.1 Å². The van der Waals surface area contributed by atoms with Crippen molar-refractivity contribution in [2.45, 2.75) is 121 Å². The van der Waals surface area contributed by atoms with E-state index in [9.17, 15) is 28.4 Å². The van der Waals surface area contributed by atoms with Crippen molar-refractivity contribution in [3.05, 3.63) is 77.4 Å². The Morgan fingerprint density at radius 3 is 2.58 bits per heavy atom. The van der Waals surface area contributed by atoms with E-state index in [1.165, 1.54) is 15.9 Å². The molecule has 0 radical (unpaired) electrons. The highest BCUT2D eigenvalue weighted by atomic mass is 19.1. The van der Waals surface area contributed by atoms with Gasteiger partial charge in [0.15, 0.2) is 0 Å². The maximum atomic E-state index is 14.4. The molecule has 1 aromatic heterocycles. The molecule has 1 aliphatic carbocycles. The summed E-state index contributed by atoms with van der Waals surface area (Å²) < 4.78 is 25.8. The Balaban J connectivity index is 1.25. The van der Waals surface area contributed by atoms with E-state index >= 15 is 0 Å². The third-order valence-electron chi connectivity index (χ3n) is 10.3. The van der Waals surface area contributed by atoms with Crippen LogP contribution < -0.4 is 16.0 Å². The Bertz CT molecular complexity index is 1750. The first-order valence-electron chi connectivity index (χ1n) is 18.5. The number of rotatable bonds is 5. The minimum Gasteiger partial charge on any atom is -0.444 e. The molecular formula is C39H49FN6O7. The lowest BCUT2D eigenvalue weighted by Gasteiger charge is -2.30. The van der Waals surface area contributed by atoms with E-state index in [4.69, 9.17) is 9.47 Å². The summed E-state index contributed by atoms with van der Waals surface area (Å²) in [5.74, 6) is -2.11. The van der Waals surface area contributed by atoms with Gasteiger partial charge in [-0.15, -0.1) is 0 Å². The number of halogens is 1. The predicted octanol–water partition coefficient (Wildman–Crippen LogP) is 4.81. The topological polar surface area (TPSA) is 159 Å². The standard InChI is InChI=1S/C39H49FN6O7/c1-24(25-15-17-41-18-16-25)42-35(49)39-20-27(39)12-8-6-5-7-9-14-31(43-36(50)53-38(2,3)4)34(48)46-22-28(19-32(46)33(47)44-39)52-37(51)45-21-26-11-10-13-30(40)29(26)23-45/h8,10-13,15-18,24,27-28,31-32H,5-7,9,14,19-23H2,1-4H3,(H,42,49)(H,43,50)(H,44,47)/b12-8-/t24?,27-,28-,31+,32+,39-/m1/s1. The molecule has 6 rings (SSSR count). The second kappa shape index (κ2) is 15.5. The molecule has 4 heterocycles. The number of allylic oxidation sites excluding steroid dienone is 1. The highest BCUT2D eigenvalue weighted by molar-refractivity contribution is 5.98. The average molecular weight is 733 g/mol. The lowest BCUT2D eigenvalue weighted by molar-refractivity contribution is -0.141. The lowest BCUT2D eigenvalue weighted by Crippen LogP contribution is -2.58. The number of hydrogen-bond donors (Lipinski definition) is 3. The van der Waals surface area contributed by atoms with Gasteiger partial charge in [0.05, 0.1) is 19.1 Å². The fourth-order valence-electron chi connectivity index (χ4n) is 7.40. The highest BCUT2D eigenvalue weighted by Gasteiger charge is 2.61. The number of hydrogen-bond acceptors (Lipinski definition) is 8. The van der Waals surface area contributed by atoms with Crippen LogP contribution in [0.5, 0.6) is 0 Å². The van der Waals surface area contributed by atoms with E-state index in [-0.39, 0.29) is 43.9 Å². The zero-order chi connectivity index (χ0) is 37.9. The second-order valence-electron chi connectivity index (χ2n) is 15.5. The Morgan fingerprint density at radius 2 is 1.85 bits per heavy atom. The van der Waals surface area contributed by atoms with E-state index in [2.05, 4.69) is 20.9 Å². The van der Waals surface area contributed by atoms with Crippen molar-refractivity contribution in [2.75, 3.05) is 6.54 Å². The summed E-state index contributed by atoms with van der Waals surface area (Å²) in [5.41, 5.74) is -0.105. The molecule has 0 bridgehead atoms. The molecule has 53 heavy (non-hydrogen) atoms. The van der Waals surface area contributed by atoms with Crippen LogP contribution in [0.25, 0.3) is 0 Å². The first-order chi connectivity index (χ1) is 25.2. The molecule has 5 amide bonds. The van der Waals surface area contributed by atoms with Crippen molar-refractivity contribution in [1.29, 1.82) is 0 Å². The van der Waals surface area contributed by atoms with Crippen LogP contribution in [-0.2, 0) is 36.9 Å². The maximum Gasteiger partial charge on any atom is 0.410 e. The molecule has 0 spiro atoms. The molecule has 1 unspecified atom stereocenters. The average Bonchev–Trinajstić information content (AvgIpc) is 3.40. The number of fused-ring (bicyclic) bond motifs is 3. The lowest BCUT2D eigenvalue weighted by atomic mass is 10.0. The Labute approximate surface area is 309 Å². The monoisotopic (exact) mass is 732 g/mol. The zero-order valence-corrected chi connectivity index (χ0v) is 30.7. The van der Waals surface area contributed by atoms with Crippen molar-refractivity contribution in [3.8, 4) is 0 Å². The van der Waals surface area contributed by atoms with Gasteiger partial charge in [0.1, 0.15) is 35.1 Å². The third-order valence-corrected chi connectivity index (χ3v) is 10.3. The summed E-state index contributed by atoms with van der Waals surface area (Å²) in [7, 11) is 0. The number of nitrogens with zero attached hydrogens (tertiary/aromatic N) is 3. The van der Waals surface area contributed by atoms with Crippen LogP contribution in [0.15, 0.2) is 54.9 Å². The highest BCUT2D eigenvalue weighted by Crippen LogP contribution is 2.46. The van der Waals surface area contributed by atoms with Gasteiger partial charge in [-0.3, -0.25) is 24.3 Å². The van der Waals surface area contributed by atoms with Gasteiger partial charge in [-0.1, -0.05) is 37.1 Å². The Hall–Kier alpha value is -5.01. The van der Waals surface area contributed by atoms with Crippen LogP contribution in [0.4, 0.5) is 14.0 Å². The first-order valence-corrected chi connectivity index (χ1v) is 18.5. The third kappa shape index (κ3) is 8.80. The zero-order valence-electron chi connectivity index (χ0n) is 30.7. The number of amides is 5. The van der Waals surface area contributed by atoms with Crippen molar-refractivity contribution >= 4 is 29.9 Å². The molecule has 3 N–H and O–H groups in total. The number of pyridine rings is 1. The molecule has 1 aromatic carbocycles. The fourth-order valence-corrected chi connectivity index (χ4v) is 7.40.